The number of nitrogens with one attached hydrogen (secondary N) is 1. The summed E-state index contributed by atoms with van der Waals surface area (Å²) in [6.45, 7) is 7.09. The van der Waals surface area contributed by atoms with Crippen molar-refractivity contribution in [1.82, 2.24) is 5.32 Å². The molecule has 0 aliphatic carbocycles. The maximum Gasteiger partial charge on any atom is 0.300 e. The van der Waals surface area contributed by atoms with Crippen molar-refractivity contribution in [2.45, 2.75) is 45.8 Å². The van der Waals surface area contributed by atoms with Crippen LogP contribution in [0.25, 0.3) is 0 Å². The first kappa shape index (κ1) is 19.9. The zero-order chi connectivity index (χ0) is 17.3. The Bertz CT molecular complexity index is 474. The molecule has 0 fully saturated rings. The minimum absolute atomic E-state index is 0.148. The minimum Gasteiger partial charge on any atom is -0.488 e. The Labute approximate surface area is 131 Å². The number of carbonyl (C=O) groups is 2. The number of hydrogen-bond acceptors (Lipinski definition) is 4. The Balaban J connectivity index is 0.000000980. The third kappa shape index (κ3) is 9.77. The molecule has 1 aromatic carbocycles. The number of likely N-dealkylation sites (N-methyl/N-ethyl adjacent to an activating group) is 1. The van der Waals surface area contributed by atoms with Crippen molar-refractivity contribution in [3.05, 3.63) is 29.8 Å². The molecule has 4 N–H and O–H groups in total. The van der Waals surface area contributed by atoms with E-state index in [1.165, 1.54) is 0 Å². The average Bonchev–Trinajstić information content (AvgIpc) is 2.37. The van der Waals surface area contributed by atoms with Crippen LogP contribution in [0.5, 0.6) is 5.75 Å². The maximum atomic E-state index is 11.3. The summed E-state index contributed by atoms with van der Waals surface area (Å²) in [6.07, 6.45) is 0.523. The largest absolute Gasteiger partial charge is 0.488 e. The van der Waals surface area contributed by atoms with Gasteiger partial charge in [0.1, 0.15) is 11.4 Å². The van der Waals surface area contributed by atoms with Gasteiger partial charge in [-0.1, -0.05) is 12.1 Å². The highest BCUT2D eigenvalue weighted by Gasteiger charge is 2.13. The van der Waals surface area contributed by atoms with Gasteiger partial charge in [-0.3, -0.25) is 9.59 Å². The molecule has 0 aliphatic heterocycles. The van der Waals surface area contributed by atoms with Gasteiger partial charge < -0.3 is 20.9 Å². The van der Waals surface area contributed by atoms with Crippen LogP contribution in [-0.2, 0) is 16.0 Å². The summed E-state index contributed by atoms with van der Waals surface area (Å²) in [6, 6.07) is 7.16. The molecule has 0 saturated heterocycles. The lowest BCUT2D eigenvalue weighted by molar-refractivity contribution is -0.134. The number of aliphatic carboxylic acids is 1. The molecule has 6 nitrogen and oxygen atoms in total. The predicted octanol–water partition coefficient (Wildman–Crippen LogP) is 1.57. The van der Waals surface area contributed by atoms with Crippen molar-refractivity contribution >= 4 is 11.9 Å². The van der Waals surface area contributed by atoms with Gasteiger partial charge in [-0.25, -0.2) is 0 Å². The second kappa shape index (κ2) is 9.04. The van der Waals surface area contributed by atoms with E-state index in [1.54, 1.807) is 7.05 Å². The number of carbonyl (C=O) groups excluding carboxylic acids is 1. The topological polar surface area (TPSA) is 102 Å². The zero-order valence-electron chi connectivity index (χ0n) is 13.8. The first-order valence-corrected chi connectivity index (χ1v) is 7.00. The lowest BCUT2D eigenvalue weighted by Gasteiger charge is -2.21. The van der Waals surface area contributed by atoms with E-state index in [-0.39, 0.29) is 11.5 Å². The van der Waals surface area contributed by atoms with Crippen LogP contribution in [0.1, 0.15) is 33.3 Å². The maximum absolute atomic E-state index is 11.3. The minimum atomic E-state index is -0.833. The Morgan fingerprint density at radius 3 is 2.09 bits per heavy atom. The van der Waals surface area contributed by atoms with Gasteiger partial charge in [0.25, 0.3) is 5.97 Å². The number of benzene rings is 1. The highest BCUT2D eigenvalue weighted by Crippen LogP contribution is 2.18. The molecule has 1 amide bonds. The highest BCUT2D eigenvalue weighted by molar-refractivity contribution is 5.81. The Morgan fingerprint density at radius 1 is 1.27 bits per heavy atom. The second-order valence-electron chi connectivity index (χ2n) is 5.80. The summed E-state index contributed by atoms with van der Waals surface area (Å²) < 4.78 is 5.72. The number of nitrogens with two attached hydrogens (primary N) is 1. The van der Waals surface area contributed by atoms with E-state index < -0.39 is 12.0 Å². The van der Waals surface area contributed by atoms with Crippen molar-refractivity contribution in [1.29, 1.82) is 0 Å². The van der Waals surface area contributed by atoms with Gasteiger partial charge in [-0.15, -0.1) is 0 Å². The number of carboxylic acid groups (broad SMARTS) is 1. The van der Waals surface area contributed by atoms with Gasteiger partial charge in [0.15, 0.2) is 0 Å². The molecule has 124 valence electrons. The summed E-state index contributed by atoms with van der Waals surface area (Å²) in [7, 11) is 1.59. The number of hydrogen-bond donors (Lipinski definition) is 3. The molecule has 0 saturated carbocycles. The van der Waals surface area contributed by atoms with E-state index in [1.807, 2.05) is 45.0 Å². The molecule has 0 unspecified atom stereocenters. The molecule has 0 radical (unpaired) electrons. The van der Waals surface area contributed by atoms with E-state index >= 15 is 0 Å². The van der Waals surface area contributed by atoms with Crippen LogP contribution >= 0.6 is 0 Å². The second-order valence-corrected chi connectivity index (χ2v) is 5.80. The Kier molecular flexibility index (Phi) is 8.19. The Morgan fingerprint density at radius 2 is 1.73 bits per heavy atom. The van der Waals surface area contributed by atoms with Gasteiger partial charge in [0.2, 0.25) is 5.91 Å². The molecule has 1 aromatic rings. The number of amides is 1. The van der Waals surface area contributed by atoms with Gasteiger partial charge in [0, 0.05) is 14.0 Å². The fourth-order valence-electron chi connectivity index (χ4n) is 1.58. The molecule has 0 heterocycles. The van der Waals surface area contributed by atoms with Crippen molar-refractivity contribution in [3.63, 3.8) is 0 Å². The standard InChI is InChI=1S/C14H22N2O2.C2H4O2/c1-14(2,3)18-11-7-5-10(6-8-11)9-12(15)13(17)16-4;1-2(3)4/h5-8,12H,9,15H2,1-4H3,(H,16,17);1H3,(H,3,4)/t12-;/m0./s1. The third-order valence-corrected chi connectivity index (χ3v) is 2.39. The first-order chi connectivity index (χ1) is 10.0. The lowest BCUT2D eigenvalue weighted by Crippen LogP contribution is -2.40. The summed E-state index contributed by atoms with van der Waals surface area (Å²) in [5.74, 6) is -0.162. The fourth-order valence-corrected chi connectivity index (χ4v) is 1.58. The molecule has 22 heavy (non-hydrogen) atoms. The van der Waals surface area contributed by atoms with E-state index in [4.69, 9.17) is 20.4 Å². The molecule has 1 atom stereocenters. The van der Waals surface area contributed by atoms with Crippen molar-refractivity contribution in [2.24, 2.45) is 5.73 Å². The molecular weight excluding hydrogens is 284 g/mol. The summed E-state index contributed by atoms with van der Waals surface area (Å²) in [5, 5.41) is 9.96. The van der Waals surface area contributed by atoms with Crippen LogP contribution in [0.3, 0.4) is 0 Å². The van der Waals surface area contributed by atoms with Crippen LogP contribution in [0, 0.1) is 0 Å². The fraction of sp³-hybridized carbons (Fsp3) is 0.500. The monoisotopic (exact) mass is 310 g/mol. The van der Waals surface area contributed by atoms with Crippen LogP contribution in [0.4, 0.5) is 0 Å². The molecule has 1 rings (SSSR count). The van der Waals surface area contributed by atoms with E-state index in [0.29, 0.717) is 6.42 Å². The van der Waals surface area contributed by atoms with Gasteiger partial charge in [0.05, 0.1) is 6.04 Å². The quantitative estimate of drug-likeness (QED) is 0.783. The van der Waals surface area contributed by atoms with Crippen LogP contribution in [-0.4, -0.2) is 35.7 Å². The summed E-state index contributed by atoms with van der Waals surface area (Å²) >= 11 is 0. The molecule has 0 aliphatic rings. The normalized spacial score (nSPS) is 11.7. The molecule has 0 bridgehead atoms. The third-order valence-electron chi connectivity index (χ3n) is 2.39. The summed E-state index contributed by atoms with van der Waals surface area (Å²) in [5.41, 5.74) is 6.57. The number of rotatable bonds is 4. The van der Waals surface area contributed by atoms with Gasteiger partial charge >= 0.3 is 0 Å². The molecule has 0 spiro atoms. The van der Waals surface area contributed by atoms with Crippen LogP contribution in [0.2, 0.25) is 0 Å². The Hall–Kier alpha value is -2.08. The van der Waals surface area contributed by atoms with E-state index in [9.17, 15) is 4.79 Å². The van der Waals surface area contributed by atoms with Crippen LogP contribution in [0.15, 0.2) is 24.3 Å². The molecule has 0 aromatic heterocycles. The SMILES string of the molecule is CC(=O)O.CNC(=O)[C@@H](N)Cc1ccc(OC(C)(C)C)cc1. The van der Waals surface area contributed by atoms with E-state index in [0.717, 1.165) is 18.2 Å². The van der Waals surface area contributed by atoms with E-state index in [2.05, 4.69) is 5.32 Å². The first-order valence-electron chi connectivity index (χ1n) is 7.00. The van der Waals surface area contributed by atoms with Crippen molar-refractivity contribution < 1.29 is 19.4 Å². The number of carboxylic acids is 1. The molecular formula is C16H26N2O4. The van der Waals surface area contributed by atoms with Crippen molar-refractivity contribution in [2.75, 3.05) is 7.05 Å². The number of ether oxygens (including phenoxy) is 1. The molecule has 6 heteroatoms. The predicted molar refractivity (Wildman–Crippen MR) is 85.9 cm³/mol. The van der Waals surface area contributed by atoms with Gasteiger partial charge in [-0.2, -0.15) is 0 Å². The average molecular weight is 310 g/mol. The zero-order valence-corrected chi connectivity index (χ0v) is 13.8. The van der Waals surface area contributed by atoms with Gasteiger partial charge in [-0.05, 0) is 44.9 Å². The summed E-state index contributed by atoms with van der Waals surface area (Å²) in [4.78, 5) is 20.3. The lowest BCUT2D eigenvalue weighted by atomic mass is 10.1. The van der Waals surface area contributed by atoms with Crippen LogP contribution < -0.4 is 15.8 Å². The highest BCUT2D eigenvalue weighted by atomic mass is 16.5. The van der Waals surface area contributed by atoms with Crippen molar-refractivity contribution in [3.8, 4) is 5.75 Å². The smallest absolute Gasteiger partial charge is 0.300 e.